The summed E-state index contributed by atoms with van der Waals surface area (Å²) in [5.74, 6) is -1.82. The lowest BCUT2D eigenvalue weighted by atomic mass is 10.1. The van der Waals surface area contributed by atoms with Gasteiger partial charge in [-0.3, -0.25) is 4.79 Å². The number of carbonyl (C=O) groups excluding carboxylic acids is 1. The molecule has 1 aromatic rings. The van der Waals surface area contributed by atoms with E-state index in [0.717, 1.165) is 6.08 Å². The van der Waals surface area contributed by atoms with Gasteiger partial charge in [-0.05, 0) is 26.0 Å². The molecule has 0 heterocycles. The fourth-order valence-electron chi connectivity index (χ4n) is 1.94. The van der Waals surface area contributed by atoms with Gasteiger partial charge >= 0.3 is 5.97 Å². The molecule has 0 spiro atoms. The van der Waals surface area contributed by atoms with Crippen molar-refractivity contribution >= 4 is 23.6 Å². The van der Waals surface area contributed by atoms with Crippen LogP contribution in [0.5, 0.6) is 0 Å². The minimum atomic E-state index is -1.11. The van der Waals surface area contributed by atoms with E-state index in [2.05, 4.69) is 5.32 Å². The third-order valence-corrected chi connectivity index (χ3v) is 2.83. The molecule has 1 aromatic carbocycles. The standard InChI is InChI=1S/C15H19FN2O3/c1-3-17-13(19)10-18(4-2)15-11(8-9-14(20)21)6-5-7-12(15)16/h5-9H,3-4,10H2,1-2H3,(H,17,19)(H,20,21)/b9-8+. The van der Waals surface area contributed by atoms with E-state index < -0.39 is 11.8 Å². The van der Waals surface area contributed by atoms with Gasteiger partial charge in [0.2, 0.25) is 5.91 Å². The smallest absolute Gasteiger partial charge is 0.328 e. The van der Waals surface area contributed by atoms with Crippen LogP contribution < -0.4 is 10.2 Å². The summed E-state index contributed by atoms with van der Waals surface area (Å²) in [5, 5.41) is 11.3. The van der Waals surface area contributed by atoms with Gasteiger partial charge in [0.1, 0.15) is 5.82 Å². The molecule has 0 aliphatic rings. The monoisotopic (exact) mass is 294 g/mol. The van der Waals surface area contributed by atoms with E-state index >= 15 is 0 Å². The fourth-order valence-corrected chi connectivity index (χ4v) is 1.94. The van der Waals surface area contributed by atoms with Crippen molar-refractivity contribution in [1.82, 2.24) is 5.32 Å². The van der Waals surface area contributed by atoms with Crippen molar-refractivity contribution in [3.8, 4) is 0 Å². The summed E-state index contributed by atoms with van der Waals surface area (Å²) < 4.78 is 14.1. The van der Waals surface area contributed by atoms with Gasteiger partial charge in [-0.15, -0.1) is 0 Å². The average Bonchev–Trinajstić information content (AvgIpc) is 2.43. The van der Waals surface area contributed by atoms with Crippen LogP contribution in [0.4, 0.5) is 10.1 Å². The van der Waals surface area contributed by atoms with Crippen molar-refractivity contribution in [2.45, 2.75) is 13.8 Å². The molecule has 0 saturated carbocycles. The maximum atomic E-state index is 14.1. The van der Waals surface area contributed by atoms with Gasteiger partial charge in [0.25, 0.3) is 0 Å². The molecular formula is C15H19FN2O3. The van der Waals surface area contributed by atoms with E-state index in [1.54, 1.807) is 24.8 Å². The molecule has 0 bridgehead atoms. The number of halogens is 1. The second kappa shape index (κ2) is 8.04. The van der Waals surface area contributed by atoms with Crippen molar-refractivity contribution in [1.29, 1.82) is 0 Å². The largest absolute Gasteiger partial charge is 0.478 e. The van der Waals surface area contributed by atoms with Crippen LogP contribution >= 0.6 is 0 Å². The van der Waals surface area contributed by atoms with Gasteiger partial charge in [0, 0.05) is 24.7 Å². The Morgan fingerprint density at radius 3 is 2.67 bits per heavy atom. The summed E-state index contributed by atoms with van der Waals surface area (Å²) in [6.07, 6.45) is 2.26. The lowest BCUT2D eigenvalue weighted by molar-refractivity contribution is -0.131. The highest BCUT2D eigenvalue weighted by Gasteiger charge is 2.16. The molecule has 0 radical (unpaired) electrons. The SMILES string of the molecule is CCNC(=O)CN(CC)c1c(F)cccc1/C=C/C(=O)O. The zero-order valence-corrected chi connectivity index (χ0v) is 12.1. The summed E-state index contributed by atoms with van der Waals surface area (Å²) in [5.41, 5.74) is 0.646. The Balaban J connectivity index is 3.12. The highest BCUT2D eigenvalue weighted by Crippen LogP contribution is 2.25. The van der Waals surface area contributed by atoms with Gasteiger partial charge in [0.15, 0.2) is 0 Å². The summed E-state index contributed by atoms with van der Waals surface area (Å²) in [4.78, 5) is 23.9. The molecular weight excluding hydrogens is 275 g/mol. The number of para-hydroxylation sites is 1. The lowest BCUT2D eigenvalue weighted by Gasteiger charge is -2.24. The number of hydrogen-bond donors (Lipinski definition) is 2. The predicted octanol–water partition coefficient (Wildman–Crippen LogP) is 1.89. The van der Waals surface area contributed by atoms with E-state index in [1.165, 1.54) is 18.2 Å². The first-order valence-corrected chi connectivity index (χ1v) is 6.70. The first kappa shape index (κ1) is 16.7. The molecule has 0 aliphatic carbocycles. The van der Waals surface area contributed by atoms with E-state index in [1.807, 2.05) is 0 Å². The number of carbonyl (C=O) groups is 2. The van der Waals surface area contributed by atoms with Crippen molar-refractivity contribution in [3.63, 3.8) is 0 Å². The molecule has 0 saturated heterocycles. The van der Waals surface area contributed by atoms with E-state index in [0.29, 0.717) is 18.7 Å². The Bertz CT molecular complexity index is 544. The number of carboxylic acids is 1. The quantitative estimate of drug-likeness (QED) is 0.753. The minimum Gasteiger partial charge on any atom is -0.478 e. The summed E-state index contributed by atoms with van der Waals surface area (Å²) >= 11 is 0. The molecule has 5 nitrogen and oxygen atoms in total. The van der Waals surface area contributed by atoms with E-state index in [-0.39, 0.29) is 18.1 Å². The molecule has 0 aliphatic heterocycles. The Labute approximate surface area is 123 Å². The molecule has 6 heteroatoms. The number of benzene rings is 1. The molecule has 1 rings (SSSR count). The molecule has 21 heavy (non-hydrogen) atoms. The maximum absolute atomic E-state index is 14.1. The minimum absolute atomic E-state index is 0.0131. The van der Waals surface area contributed by atoms with Gasteiger partial charge in [0.05, 0.1) is 12.2 Å². The zero-order valence-electron chi connectivity index (χ0n) is 12.1. The number of aliphatic carboxylic acids is 1. The van der Waals surface area contributed by atoms with Gasteiger partial charge < -0.3 is 15.3 Å². The van der Waals surface area contributed by atoms with E-state index in [9.17, 15) is 14.0 Å². The van der Waals surface area contributed by atoms with Crippen LogP contribution in [0.15, 0.2) is 24.3 Å². The van der Waals surface area contributed by atoms with Crippen molar-refractivity contribution in [2.24, 2.45) is 0 Å². The van der Waals surface area contributed by atoms with Crippen LogP contribution in [0.2, 0.25) is 0 Å². The number of amides is 1. The Hall–Kier alpha value is -2.37. The molecule has 2 N–H and O–H groups in total. The number of anilines is 1. The second-order valence-electron chi connectivity index (χ2n) is 4.32. The number of carboxylic acid groups (broad SMARTS) is 1. The highest BCUT2D eigenvalue weighted by atomic mass is 19.1. The van der Waals surface area contributed by atoms with Gasteiger partial charge in [-0.1, -0.05) is 12.1 Å². The highest BCUT2D eigenvalue weighted by molar-refractivity contribution is 5.88. The number of hydrogen-bond acceptors (Lipinski definition) is 3. The first-order chi connectivity index (χ1) is 9.99. The zero-order chi connectivity index (χ0) is 15.8. The average molecular weight is 294 g/mol. The maximum Gasteiger partial charge on any atom is 0.328 e. The number of likely N-dealkylation sites (N-methyl/N-ethyl adjacent to an activating group) is 2. The van der Waals surface area contributed by atoms with Crippen LogP contribution in [-0.2, 0) is 9.59 Å². The molecule has 0 atom stereocenters. The third kappa shape index (κ3) is 4.91. The number of nitrogens with zero attached hydrogens (tertiary/aromatic N) is 1. The molecule has 1 amide bonds. The van der Waals surface area contributed by atoms with Crippen LogP contribution in [0, 0.1) is 5.82 Å². The van der Waals surface area contributed by atoms with Crippen molar-refractivity contribution in [2.75, 3.05) is 24.5 Å². The van der Waals surface area contributed by atoms with E-state index in [4.69, 9.17) is 5.11 Å². The molecule has 0 fully saturated rings. The summed E-state index contributed by atoms with van der Waals surface area (Å²) in [7, 11) is 0. The number of nitrogens with one attached hydrogen (secondary N) is 1. The lowest BCUT2D eigenvalue weighted by Crippen LogP contribution is -2.37. The molecule has 114 valence electrons. The fraction of sp³-hybridized carbons (Fsp3) is 0.333. The van der Waals surface area contributed by atoms with Gasteiger partial charge in [-0.2, -0.15) is 0 Å². The van der Waals surface area contributed by atoms with Crippen LogP contribution in [0.3, 0.4) is 0 Å². The third-order valence-electron chi connectivity index (χ3n) is 2.83. The Morgan fingerprint density at radius 2 is 2.10 bits per heavy atom. The second-order valence-corrected chi connectivity index (χ2v) is 4.32. The van der Waals surface area contributed by atoms with Crippen molar-refractivity contribution in [3.05, 3.63) is 35.7 Å². The van der Waals surface area contributed by atoms with Crippen LogP contribution in [0.1, 0.15) is 19.4 Å². The van der Waals surface area contributed by atoms with Crippen molar-refractivity contribution < 1.29 is 19.1 Å². The first-order valence-electron chi connectivity index (χ1n) is 6.70. The Kier molecular flexibility index (Phi) is 6.39. The molecule has 0 aromatic heterocycles. The Morgan fingerprint density at radius 1 is 1.38 bits per heavy atom. The molecule has 0 unspecified atom stereocenters. The summed E-state index contributed by atoms with van der Waals surface area (Å²) in [6, 6.07) is 4.40. The summed E-state index contributed by atoms with van der Waals surface area (Å²) in [6.45, 7) is 4.54. The van der Waals surface area contributed by atoms with Crippen LogP contribution in [-0.4, -0.2) is 36.6 Å². The van der Waals surface area contributed by atoms with Crippen LogP contribution in [0.25, 0.3) is 6.08 Å². The number of rotatable bonds is 7. The predicted molar refractivity (Wildman–Crippen MR) is 79.6 cm³/mol. The normalized spacial score (nSPS) is 10.6. The topological polar surface area (TPSA) is 69.6 Å². The van der Waals surface area contributed by atoms with Gasteiger partial charge in [-0.25, -0.2) is 9.18 Å².